The molecule has 1 fully saturated rings. The van der Waals surface area contributed by atoms with E-state index in [2.05, 4.69) is 27.8 Å². The first-order chi connectivity index (χ1) is 11.8. The highest BCUT2D eigenvalue weighted by Crippen LogP contribution is 2.20. The zero-order valence-electron chi connectivity index (χ0n) is 15.4. The molecule has 2 N–H and O–H groups in total. The fourth-order valence-electron chi connectivity index (χ4n) is 2.91. The first kappa shape index (κ1) is 22.0. The molecule has 0 aliphatic heterocycles. The summed E-state index contributed by atoms with van der Waals surface area (Å²) in [5, 5.41) is 6.65. The topological polar surface area (TPSA) is 54.9 Å². The second kappa shape index (κ2) is 13.2. The number of rotatable bonds is 8. The number of halogens is 1. The van der Waals surface area contributed by atoms with Crippen molar-refractivity contribution in [2.75, 3.05) is 27.3 Å². The molecule has 0 atom stereocenters. The molecule has 0 aromatic heterocycles. The number of nitrogens with zero attached hydrogens (tertiary/aromatic N) is 1. The van der Waals surface area contributed by atoms with Crippen LogP contribution in [0.25, 0.3) is 0 Å². The van der Waals surface area contributed by atoms with Gasteiger partial charge in [0.25, 0.3) is 0 Å². The highest BCUT2D eigenvalue weighted by molar-refractivity contribution is 14.0. The lowest BCUT2D eigenvalue weighted by Gasteiger charge is -2.22. The summed E-state index contributed by atoms with van der Waals surface area (Å²) < 4.78 is 11.1. The average Bonchev–Trinajstić information content (AvgIpc) is 2.65. The van der Waals surface area contributed by atoms with Gasteiger partial charge in [-0.05, 0) is 37.0 Å². The minimum atomic E-state index is 0. The van der Waals surface area contributed by atoms with Crippen molar-refractivity contribution in [1.29, 1.82) is 0 Å². The van der Waals surface area contributed by atoms with Crippen LogP contribution in [-0.4, -0.2) is 39.4 Å². The Labute approximate surface area is 169 Å². The van der Waals surface area contributed by atoms with Crippen molar-refractivity contribution in [1.82, 2.24) is 10.6 Å². The smallest absolute Gasteiger partial charge is 0.191 e. The van der Waals surface area contributed by atoms with E-state index in [0.717, 1.165) is 37.8 Å². The number of guanidine groups is 1. The molecule has 1 aromatic rings. The van der Waals surface area contributed by atoms with Gasteiger partial charge in [0.15, 0.2) is 5.96 Å². The maximum absolute atomic E-state index is 5.94. The lowest BCUT2D eigenvalue weighted by atomic mass is 9.98. The van der Waals surface area contributed by atoms with Crippen LogP contribution >= 0.6 is 24.0 Å². The first-order valence-electron chi connectivity index (χ1n) is 9.01. The number of ether oxygens (including phenoxy) is 2. The van der Waals surface area contributed by atoms with Crippen LogP contribution in [0.15, 0.2) is 29.3 Å². The number of hydrogen-bond donors (Lipinski definition) is 2. The Morgan fingerprint density at radius 2 is 1.84 bits per heavy atom. The molecule has 0 spiro atoms. The second-order valence-corrected chi connectivity index (χ2v) is 6.18. The van der Waals surface area contributed by atoms with Gasteiger partial charge in [0.05, 0.1) is 13.2 Å². The predicted molar refractivity (Wildman–Crippen MR) is 114 cm³/mol. The maximum atomic E-state index is 5.94. The van der Waals surface area contributed by atoms with Crippen molar-refractivity contribution < 1.29 is 9.47 Å². The normalized spacial score (nSPS) is 15.4. The van der Waals surface area contributed by atoms with Crippen molar-refractivity contribution in [3.63, 3.8) is 0 Å². The minimum Gasteiger partial charge on any atom is -0.497 e. The van der Waals surface area contributed by atoms with Gasteiger partial charge in [-0.1, -0.05) is 31.4 Å². The van der Waals surface area contributed by atoms with Crippen LogP contribution in [0.3, 0.4) is 0 Å². The second-order valence-electron chi connectivity index (χ2n) is 6.18. The van der Waals surface area contributed by atoms with Gasteiger partial charge in [-0.15, -0.1) is 24.0 Å². The van der Waals surface area contributed by atoms with E-state index >= 15 is 0 Å². The van der Waals surface area contributed by atoms with Gasteiger partial charge in [0.2, 0.25) is 0 Å². The molecule has 1 aliphatic rings. The number of methoxy groups -OCH3 is 1. The van der Waals surface area contributed by atoms with Gasteiger partial charge in [-0.2, -0.15) is 0 Å². The van der Waals surface area contributed by atoms with E-state index in [9.17, 15) is 0 Å². The molecule has 5 nitrogen and oxygen atoms in total. The molecule has 1 aliphatic carbocycles. The monoisotopic (exact) mass is 461 g/mol. The fraction of sp³-hybridized carbons (Fsp3) is 0.632. The molecule has 0 amide bonds. The van der Waals surface area contributed by atoms with Crippen LogP contribution in [0.2, 0.25) is 0 Å². The van der Waals surface area contributed by atoms with Gasteiger partial charge in [-0.3, -0.25) is 4.99 Å². The summed E-state index contributed by atoms with van der Waals surface area (Å²) in [6, 6.07) is 8.04. The standard InChI is InChI=1S/C19H31N3O2.HI/c1-20-19(22-15-16-9-11-17(23-2)12-10-16)21-13-6-14-24-18-7-4-3-5-8-18;/h9-12,18H,3-8,13-15H2,1-2H3,(H2,20,21,22);1H. The van der Waals surface area contributed by atoms with E-state index in [1.165, 1.54) is 37.7 Å². The largest absolute Gasteiger partial charge is 0.497 e. The van der Waals surface area contributed by atoms with Gasteiger partial charge >= 0.3 is 0 Å². The predicted octanol–water partition coefficient (Wildman–Crippen LogP) is 3.72. The molecular formula is C19H32IN3O2. The molecular weight excluding hydrogens is 429 g/mol. The third-order valence-electron chi connectivity index (χ3n) is 4.36. The third kappa shape index (κ3) is 8.76. The molecule has 2 rings (SSSR count). The van der Waals surface area contributed by atoms with Crippen LogP contribution < -0.4 is 15.4 Å². The summed E-state index contributed by atoms with van der Waals surface area (Å²) in [6.07, 6.45) is 7.98. The van der Waals surface area contributed by atoms with Crippen LogP contribution in [0, 0.1) is 0 Å². The number of hydrogen-bond acceptors (Lipinski definition) is 3. The summed E-state index contributed by atoms with van der Waals surface area (Å²) in [5.41, 5.74) is 1.19. The van der Waals surface area contributed by atoms with Crippen LogP contribution in [-0.2, 0) is 11.3 Å². The molecule has 1 saturated carbocycles. The van der Waals surface area contributed by atoms with E-state index in [-0.39, 0.29) is 24.0 Å². The number of aliphatic imine (C=N–C) groups is 1. The van der Waals surface area contributed by atoms with Crippen molar-refractivity contribution in [2.24, 2.45) is 4.99 Å². The average molecular weight is 461 g/mol. The Morgan fingerprint density at radius 1 is 1.12 bits per heavy atom. The summed E-state index contributed by atoms with van der Waals surface area (Å²) in [7, 11) is 3.47. The molecule has 1 aromatic carbocycles. The molecule has 0 radical (unpaired) electrons. The summed E-state index contributed by atoms with van der Waals surface area (Å²) >= 11 is 0. The van der Waals surface area contributed by atoms with Crippen molar-refractivity contribution in [3.05, 3.63) is 29.8 Å². The van der Waals surface area contributed by atoms with E-state index in [1.54, 1.807) is 14.2 Å². The molecule has 25 heavy (non-hydrogen) atoms. The van der Waals surface area contributed by atoms with E-state index in [4.69, 9.17) is 9.47 Å². The van der Waals surface area contributed by atoms with Gasteiger partial charge < -0.3 is 20.1 Å². The van der Waals surface area contributed by atoms with Crippen molar-refractivity contribution in [2.45, 2.75) is 51.2 Å². The number of nitrogens with one attached hydrogen (secondary N) is 2. The summed E-state index contributed by atoms with van der Waals surface area (Å²) in [6.45, 7) is 2.43. The quantitative estimate of drug-likeness (QED) is 0.268. The fourth-order valence-corrected chi connectivity index (χ4v) is 2.91. The molecule has 6 heteroatoms. The number of benzene rings is 1. The molecule has 142 valence electrons. The first-order valence-corrected chi connectivity index (χ1v) is 9.01. The SMILES string of the molecule is CN=C(NCCCOC1CCCCC1)NCc1ccc(OC)cc1.I. The highest BCUT2D eigenvalue weighted by Gasteiger charge is 2.12. The van der Waals surface area contributed by atoms with E-state index in [0.29, 0.717) is 6.10 Å². The molecule has 0 saturated heterocycles. The van der Waals surface area contributed by atoms with Crippen molar-refractivity contribution in [3.8, 4) is 5.75 Å². The lowest BCUT2D eigenvalue weighted by Crippen LogP contribution is -2.37. The van der Waals surface area contributed by atoms with Crippen molar-refractivity contribution >= 4 is 29.9 Å². The summed E-state index contributed by atoms with van der Waals surface area (Å²) in [4.78, 5) is 4.25. The lowest BCUT2D eigenvalue weighted by molar-refractivity contribution is 0.0277. The molecule has 0 unspecified atom stereocenters. The van der Waals surface area contributed by atoms with E-state index in [1.807, 2.05) is 12.1 Å². The van der Waals surface area contributed by atoms with Gasteiger partial charge in [0, 0.05) is 26.7 Å². The Bertz CT molecular complexity index is 488. The Morgan fingerprint density at radius 3 is 2.48 bits per heavy atom. The minimum absolute atomic E-state index is 0. The van der Waals surface area contributed by atoms with Crippen LogP contribution in [0.1, 0.15) is 44.1 Å². The Balaban J connectivity index is 0.00000312. The summed E-state index contributed by atoms with van der Waals surface area (Å²) in [5.74, 6) is 1.70. The highest BCUT2D eigenvalue weighted by atomic mass is 127. The third-order valence-corrected chi connectivity index (χ3v) is 4.36. The van der Waals surface area contributed by atoms with Gasteiger partial charge in [0.1, 0.15) is 5.75 Å². The molecule has 0 heterocycles. The van der Waals surface area contributed by atoms with Gasteiger partial charge in [-0.25, -0.2) is 0 Å². The van der Waals surface area contributed by atoms with Crippen LogP contribution in [0.5, 0.6) is 5.75 Å². The Hall–Kier alpha value is -1.02. The van der Waals surface area contributed by atoms with E-state index < -0.39 is 0 Å². The maximum Gasteiger partial charge on any atom is 0.191 e. The Kier molecular flexibility index (Phi) is 11.6. The zero-order chi connectivity index (χ0) is 17.0. The zero-order valence-corrected chi connectivity index (χ0v) is 17.8. The molecule has 0 bridgehead atoms. The van der Waals surface area contributed by atoms with Crippen LogP contribution in [0.4, 0.5) is 0 Å².